The first-order valence-electron chi connectivity index (χ1n) is 4.56. The second-order valence-corrected chi connectivity index (χ2v) is 3.25. The summed E-state index contributed by atoms with van der Waals surface area (Å²) in [6.07, 6.45) is 5.64. The molecule has 1 amide bonds. The van der Waals surface area contributed by atoms with Crippen LogP contribution in [0.15, 0.2) is 0 Å². The summed E-state index contributed by atoms with van der Waals surface area (Å²) in [5.74, 6) is 0. The molecule has 1 rings (SSSR count). The molecule has 1 heterocycles. The van der Waals surface area contributed by atoms with Gasteiger partial charge in [0.05, 0.1) is 0 Å². The standard InChI is InChI=1S/C9H17NO/c1-3-8-5-6-9(4-2)10(8)7-11/h7-9H,3-6H2,1-2H3/t8-,9-/m1/s1. The van der Waals surface area contributed by atoms with Crippen LogP contribution in [0.5, 0.6) is 0 Å². The summed E-state index contributed by atoms with van der Waals surface area (Å²) in [5, 5.41) is 0. The molecule has 0 bridgehead atoms. The van der Waals surface area contributed by atoms with Crippen molar-refractivity contribution in [3.8, 4) is 0 Å². The largest absolute Gasteiger partial charge is 0.339 e. The van der Waals surface area contributed by atoms with E-state index in [1.807, 2.05) is 4.90 Å². The minimum atomic E-state index is 0.525. The van der Waals surface area contributed by atoms with Gasteiger partial charge in [-0.1, -0.05) is 13.8 Å². The molecular formula is C9H17NO. The van der Waals surface area contributed by atoms with E-state index < -0.39 is 0 Å². The van der Waals surface area contributed by atoms with Crippen LogP contribution in [0, 0.1) is 0 Å². The van der Waals surface area contributed by atoms with Crippen LogP contribution in [0.4, 0.5) is 0 Å². The molecule has 1 aliphatic rings. The molecule has 1 saturated heterocycles. The summed E-state index contributed by atoms with van der Waals surface area (Å²) < 4.78 is 0. The van der Waals surface area contributed by atoms with Crippen molar-refractivity contribution >= 4 is 6.41 Å². The minimum absolute atomic E-state index is 0.525. The molecule has 1 fully saturated rings. The van der Waals surface area contributed by atoms with E-state index >= 15 is 0 Å². The lowest BCUT2D eigenvalue weighted by molar-refractivity contribution is -0.120. The van der Waals surface area contributed by atoms with E-state index in [-0.39, 0.29) is 0 Å². The van der Waals surface area contributed by atoms with E-state index in [1.165, 1.54) is 12.8 Å². The molecule has 0 radical (unpaired) electrons. The molecule has 11 heavy (non-hydrogen) atoms. The van der Waals surface area contributed by atoms with Crippen molar-refractivity contribution in [2.45, 2.75) is 51.6 Å². The van der Waals surface area contributed by atoms with Gasteiger partial charge in [-0.05, 0) is 25.7 Å². The molecule has 0 aliphatic carbocycles. The van der Waals surface area contributed by atoms with Crippen LogP contribution >= 0.6 is 0 Å². The van der Waals surface area contributed by atoms with Gasteiger partial charge in [0.25, 0.3) is 0 Å². The number of rotatable bonds is 3. The maximum absolute atomic E-state index is 10.7. The van der Waals surface area contributed by atoms with Crippen molar-refractivity contribution in [3.63, 3.8) is 0 Å². The Bertz CT molecular complexity index is 124. The third kappa shape index (κ3) is 1.55. The number of carbonyl (C=O) groups excluding carboxylic acids is 1. The molecule has 0 unspecified atom stereocenters. The van der Waals surface area contributed by atoms with E-state index in [0.29, 0.717) is 12.1 Å². The van der Waals surface area contributed by atoms with Crippen LogP contribution in [0.2, 0.25) is 0 Å². The van der Waals surface area contributed by atoms with Crippen molar-refractivity contribution in [2.75, 3.05) is 0 Å². The molecule has 2 heteroatoms. The Labute approximate surface area is 68.6 Å². The lowest BCUT2D eigenvalue weighted by atomic mass is 10.1. The Hall–Kier alpha value is -0.530. The van der Waals surface area contributed by atoms with Gasteiger partial charge in [0.2, 0.25) is 6.41 Å². The fourth-order valence-corrected chi connectivity index (χ4v) is 1.98. The zero-order chi connectivity index (χ0) is 8.27. The second-order valence-electron chi connectivity index (χ2n) is 3.25. The monoisotopic (exact) mass is 155 g/mol. The topological polar surface area (TPSA) is 20.3 Å². The SMILES string of the molecule is CC[C@@H]1CC[C@@H](CC)N1C=O. The molecule has 2 atom stereocenters. The van der Waals surface area contributed by atoms with Gasteiger partial charge in [-0.3, -0.25) is 4.79 Å². The van der Waals surface area contributed by atoms with Crippen LogP contribution in [0.1, 0.15) is 39.5 Å². The zero-order valence-electron chi connectivity index (χ0n) is 7.42. The minimum Gasteiger partial charge on any atom is -0.339 e. The van der Waals surface area contributed by atoms with Crippen molar-refractivity contribution in [3.05, 3.63) is 0 Å². The van der Waals surface area contributed by atoms with E-state index in [9.17, 15) is 4.79 Å². The summed E-state index contributed by atoms with van der Waals surface area (Å²) in [5.41, 5.74) is 0. The van der Waals surface area contributed by atoms with E-state index in [4.69, 9.17) is 0 Å². The number of carbonyl (C=O) groups is 1. The summed E-state index contributed by atoms with van der Waals surface area (Å²) >= 11 is 0. The fourth-order valence-electron chi connectivity index (χ4n) is 1.98. The van der Waals surface area contributed by atoms with Crippen LogP contribution in [0.3, 0.4) is 0 Å². The summed E-state index contributed by atoms with van der Waals surface area (Å²) in [7, 11) is 0. The first kappa shape index (κ1) is 8.57. The van der Waals surface area contributed by atoms with Crippen LogP contribution in [-0.4, -0.2) is 23.4 Å². The van der Waals surface area contributed by atoms with Gasteiger partial charge in [0.15, 0.2) is 0 Å². The maximum Gasteiger partial charge on any atom is 0.210 e. The van der Waals surface area contributed by atoms with Crippen molar-refractivity contribution in [2.24, 2.45) is 0 Å². The highest BCUT2D eigenvalue weighted by atomic mass is 16.1. The van der Waals surface area contributed by atoms with Gasteiger partial charge in [0, 0.05) is 12.1 Å². The molecule has 2 nitrogen and oxygen atoms in total. The Morgan fingerprint density at radius 2 is 1.73 bits per heavy atom. The molecule has 0 spiro atoms. The van der Waals surface area contributed by atoms with Gasteiger partial charge >= 0.3 is 0 Å². The summed E-state index contributed by atoms with van der Waals surface area (Å²) in [4.78, 5) is 12.7. The van der Waals surface area contributed by atoms with Gasteiger partial charge in [-0.15, -0.1) is 0 Å². The number of hydrogen-bond donors (Lipinski definition) is 0. The predicted octanol–water partition coefficient (Wildman–Crippen LogP) is 1.80. The average Bonchev–Trinajstić information content (AvgIpc) is 2.45. The molecule has 0 N–H and O–H groups in total. The van der Waals surface area contributed by atoms with E-state index in [2.05, 4.69) is 13.8 Å². The molecule has 0 aromatic carbocycles. The molecular weight excluding hydrogens is 138 g/mol. The Kier molecular flexibility index (Phi) is 2.92. The third-order valence-electron chi connectivity index (χ3n) is 2.74. The van der Waals surface area contributed by atoms with Gasteiger partial charge in [-0.25, -0.2) is 0 Å². The normalized spacial score (nSPS) is 30.9. The van der Waals surface area contributed by atoms with Gasteiger partial charge in [-0.2, -0.15) is 0 Å². The Morgan fingerprint density at radius 1 is 1.27 bits per heavy atom. The molecule has 0 saturated carbocycles. The summed E-state index contributed by atoms with van der Waals surface area (Å²) in [6.45, 7) is 4.30. The average molecular weight is 155 g/mol. The van der Waals surface area contributed by atoms with Crippen molar-refractivity contribution in [1.82, 2.24) is 4.90 Å². The van der Waals surface area contributed by atoms with Crippen LogP contribution in [0.25, 0.3) is 0 Å². The molecule has 0 aromatic heterocycles. The zero-order valence-corrected chi connectivity index (χ0v) is 7.42. The first-order valence-corrected chi connectivity index (χ1v) is 4.56. The maximum atomic E-state index is 10.7. The van der Waals surface area contributed by atoms with Gasteiger partial charge < -0.3 is 4.90 Å². The number of nitrogens with zero attached hydrogens (tertiary/aromatic N) is 1. The molecule has 64 valence electrons. The highest BCUT2D eigenvalue weighted by Gasteiger charge is 2.29. The van der Waals surface area contributed by atoms with Gasteiger partial charge in [0.1, 0.15) is 0 Å². The first-order chi connectivity index (χ1) is 5.33. The third-order valence-corrected chi connectivity index (χ3v) is 2.74. The van der Waals surface area contributed by atoms with Crippen molar-refractivity contribution < 1.29 is 4.79 Å². The number of likely N-dealkylation sites (tertiary alicyclic amines) is 1. The highest BCUT2D eigenvalue weighted by molar-refractivity contribution is 5.49. The molecule has 0 aromatic rings. The summed E-state index contributed by atoms with van der Waals surface area (Å²) in [6, 6.07) is 1.05. The van der Waals surface area contributed by atoms with Crippen LogP contribution in [-0.2, 0) is 4.79 Å². The quantitative estimate of drug-likeness (QED) is 0.569. The Balaban J connectivity index is 2.54. The number of amides is 1. The lowest BCUT2D eigenvalue weighted by Gasteiger charge is -2.24. The fraction of sp³-hybridized carbons (Fsp3) is 0.889. The van der Waals surface area contributed by atoms with E-state index in [0.717, 1.165) is 19.3 Å². The second kappa shape index (κ2) is 3.74. The predicted molar refractivity (Wildman–Crippen MR) is 45.3 cm³/mol. The smallest absolute Gasteiger partial charge is 0.210 e. The van der Waals surface area contributed by atoms with E-state index in [1.54, 1.807) is 0 Å². The molecule has 1 aliphatic heterocycles. The van der Waals surface area contributed by atoms with Crippen LogP contribution < -0.4 is 0 Å². The van der Waals surface area contributed by atoms with Crippen molar-refractivity contribution in [1.29, 1.82) is 0 Å². The number of hydrogen-bond acceptors (Lipinski definition) is 1. The Morgan fingerprint density at radius 3 is 2.00 bits per heavy atom. The lowest BCUT2D eigenvalue weighted by Crippen LogP contribution is -2.33. The highest BCUT2D eigenvalue weighted by Crippen LogP contribution is 2.25.